The molecule has 30 heavy (non-hydrogen) atoms. The van der Waals surface area contributed by atoms with Gasteiger partial charge in [-0.2, -0.15) is 0 Å². The van der Waals surface area contributed by atoms with Gasteiger partial charge >= 0.3 is 0 Å². The van der Waals surface area contributed by atoms with Crippen LogP contribution < -0.4 is 11.1 Å². The highest BCUT2D eigenvalue weighted by Crippen LogP contribution is 2.42. The van der Waals surface area contributed by atoms with E-state index in [1.165, 1.54) is 25.0 Å². The Balaban J connectivity index is 1.59. The minimum atomic E-state index is -0.302. The average Bonchev–Trinajstić information content (AvgIpc) is 2.74. The van der Waals surface area contributed by atoms with Crippen LogP contribution in [0.2, 0.25) is 5.02 Å². The van der Waals surface area contributed by atoms with E-state index in [2.05, 4.69) is 46.4 Å². The summed E-state index contributed by atoms with van der Waals surface area (Å²) in [7, 11) is -0.302. The molecule has 3 N–H and O–H groups in total. The van der Waals surface area contributed by atoms with Gasteiger partial charge in [-0.25, -0.2) is 0 Å². The molecule has 0 fully saturated rings. The molecule has 4 rings (SSSR count). The smallest absolute Gasteiger partial charge is 0.0641 e. The summed E-state index contributed by atoms with van der Waals surface area (Å²) >= 11 is 6.51. The van der Waals surface area contributed by atoms with E-state index in [9.17, 15) is 0 Å². The van der Waals surface area contributed by atoms with Crippen molar-refractivity contribution in [2.45, 2.75) is 37.5 Å². The maximum absolute atomic E-state index is 6.51. The van der Waals surface area contributed by atoms with Crippen molar-refractivity contribution in [2.24, 2.45) is 0 Å². The number of nitrogen functional groups attached to an aromatic ring is 1. The van der Waals surface area contributed by atoms with Crippen molar-refractivity contribution in [1.82, 2.24) is 4.31 Å². The Bertz CT molecular complexity index is 1080. The van der Waals surface area contributed by atoms with Crippen LogP contribution in [-0.4, -0.2) is 16.7 Å². The van der Waals surface area contributed by atoms with Crippen LogP contribution in [0.5, 0.6) is 0 Å². The second-order valence-electron chi connectivity index (χ2n) is 7.84. The summed E-state index contributed by atoms with van der Waals surface area (Å²) in [6.07, 6.45) is 9.27. The fourth-order valence-corrected chi connectivity index (χ4v) is 5.73. The van der Waals surface area contributed by atoms with Gasteiger partial charge in [0.1, 0.15) is 0 Å². The summed E-state index contributed by atoms with van der Waals surface area (Å²) in [5.74, 6) is 4.53. The Morgan fingerprint density at radius 1 is 1.20 bits per heavy atom. The van der Waals surface area contributed by atoms with Crippen molar-refractivity contribution in [1.29, 1.82) is 0 Å². The molecule has 2 aromatic rings. The van der Waals surface area contributed by atoms with Crippen LogP contribution in [0.25, 0.3) is 5.70 Å². The van der Waals surface area contributed by atoms with Gasteiger partial charge in [0.15, 0.2) is 0 Å². The lowest BCUT2D eigenvalue weighted by Crippen LogP contribution is -2.24. The van der Waals surface area contributed by atoms with E-state index >= 15 is 0 Å². The van der Waals surface area contributed by atoms with Gasteiger partial charge in [0.2, 0.25) is 0 Å². The molecule has 5 heteroatoms. The van der Waals surface area contributed by atoms with Crippen molar-refractivity contribution < 1.29 is 0 Å². The summed E-state index contributed by atoms with van der Waals surface area (Å²) in [6, 6.07) is 12.1. The van der Waals surface area contributed by atoms with E-state index in [-0.39, 0.29) is 10.7 Å². The van der Waals surface area contributed by atoms with Crippen LogP contribution in [-0.2, 0) is 0 Å². The first-order valence-corrected chi connectivity index (χ1v) is 12.0. The first-order chi connectivity index (χ1) is 14.4. The van der Waals surface area contributed by atoms with Gasteiger partial charge in [-0.05, 0) is 74.1 Å². The van der Waals surface area contributed by atoms with Gasteiger partial charge in [-0.15, -0.1) is 0 Å². The molecule has 0 radical (unpaired) electrons. The molecule has 2 aliphatic rings. The largest absolute Gasteiger partial charge is 0.398 e. The lowest BCUT2D eigenvalue weighted by atomic mass is 9.95. The van der Waals surface area contributed by atoms with Gasteiger partial charge < -0.3 is 15.4 Å². The fourth-order valence-electron chi connectivity index (χ4n) is 4.06. The molecule has 156 valence electrons. The highest BCUT2D eigenvalue weighted by molar-refractivity contribution is 8.12. The van der Waals surface area contributed by atoms with Crippen molar-refractivity contribution in [2.75, 3.05) is 17.6 Å². The normalized spacial score (nSPS) is 16.9. The van der Waals surface area contributed by atoms with Gasteiger partial charge in [-0.3, -0.25) is 0 Å². The summed E-state index contributed by atoms with van der Waals surface area (Å²) in [4.78, 5) is 1.15. The van der Waals surface area contributed by atoms with Crippen LogP contribution in [0.3, 0.4) is 0 Å². The van der Waals surface area contributed by atoms with E-state index in [1.807, 2.05) is 31.2 Å². The van der Waals surface area contributed by atoms with Crippen LogP contribution in [0.4, 0.5) is 11.4 Å². The van der Waals surface area contributed by atoms with Crippen molar-refractivity contribution in [3.63, 3.8) is 0 Å². The third kappa shape index (κ3) is 4.21. The van der Waals surface area contributed by atoms with Gasteiger partial charge in [-0.1, -0.05) is 52.9 Å². The van der Waals surface area contributed by atoms with E-state index in [1.54, 1.807) is 5.57 Å². The van der Waals surface area contributed by atoms with E-state index in [4.69, 9.17) is 17.3 Å². The fraction of sp³-hybridized carbons (Fsp3) is 0.240. The SMILES string of the molecule is C=C(Nc1cc(S(=C)N2CCCC3=C2C=CCC3)ccc1Cl)c1ccc(C)cc1N. The molecule has 1 heterocycles. The van der Waals surface area contributed by atoms with E-state index in [0.717, 1.165) is 40.4 Å². The van der Waals surface area contributed by atoms with Crippen LogP contribution in [0.15, 0.2) is 71.3 Å². The second kappa shape index (κ2) is 8.75. The molecule has 3 nitrogen and oxygen atoms in total. The molecule has 1 aliphatic heterocycles. The Morgan fingerprint density at radius 3 is 2.83 bits per heavy atom. The second-order valence-corrected chi connectivity index (χ2v) is 9.88. The average molecular weight is 438 g/mol. The number of nitrogens with two attached hydrogens (primary N) is 1. The number of benzene rings is 2. The number of halogens is 1. The quantitative estimate of drug-likeness (QED) is 0.391. The number of rotatable bonds is 5. The predicted molar refractivity (Wildman–Crippen MR) is 134 cm³/mol. The Morgan fingerprint density at radius 2 is 2.03 bits per heavy atom. The Labute approximate surface area is 187 Å². The molecular formula is C25H28ClN3S. The third-order valence-electron chi connectivity index (χ3n) is 5.65. The molecule has 2 aromatic carbocycles. The number of hydrogen-bond acceptors (Lipinski definition) is 3. The maximum atomic E-state index is 6.51. The Hall–Kier alpha value is -2.43. The van der Waals surface area contributed by atoms with Gasteiger partial charge in [0.25, 0.3) is 0 Å². The molecule has 0 bridgehead atoms. The molecule has 1 atom stereocenters. The van der Waals surface area contributed by atoms with Gasteiger partial charge in [0.05, 0.1) is 10.7 Å². The Kier molecular flexibility index (Phi) is 6.07. The zero-order valence-corrected chi connectivity index (χ0v) is 19.0. The topological polar surface area (TPSA) is 41.3 Å². The van der Waals surface area contributed by atoms with Crippen LogP contribution in [0.1, 0.15) is 36.8 Å². The highest BCUT2D eigenvalue weighted by Gasteiger charge is 2.22. The summed E-state index contributed by atoms with van der Waals surface area (Å²) in [5, 5.41) is 4.02. The van der Waals surface area contributed by atoms with Gasteiger partial charge in [0, 0.05) is 34.1 Å². The summed E-state index contributed by atoms with van der Waals surface area (Å²) in [5.41, 5.74) is 13.4. The molecule has 0 spiro atoms. The third-order valence-corrected chi connectivity index (χ3v) is 7.69. The number of nitrogens with one attached hydrogen (secondary N) is 1. The highest BCUT2D eigenvalue weighted by atomic mass is 35.5. The first-order valence-electron chi connectivity index (χ1n) is 10.3. The number of anilines is 2. The molecule has 0 amide bonds. The minimum absolute atomic E-state index is 0.302. The summed E-state index contributed by atoms with van der Waals surface area (Å²) in [6.45, 7) is 7.24. The van der Waals surface area contributed by atoms with E-state index in [0.29, 0.717) is 10.7 Å². The number of allylic oxidation sites excluding steroid dienone is 3. The number of nitrogens with zero attached hydrogens (tertiary/aromatic N) is 1. The lowest BCUT2D eigenvalue weighted by molar-refractivity contribution is 0.501. The first kappa shape index (κ1) is 20.8. The maximum Gasteiger partial charge on any atom is 0.0641 e. The van der Waals surface area contributed by atoms with Crippen LogP contribution >= 0.6 is 22.3 Å². The minimum Gasteiger partial charge on any atom is -0.398 e. The number of aryl methyl sites for hydroxylation is 1. The molecular weight excluding hydrogens is 410 g/mol. The molecule has 0 saturated heterocycles. The molecule has 1 aliphatic carbocycles. The van der Waals surface area contributed by atoms with Crippen molar-refractivity contribution in [3.05, 3.63) is 82.5 Å². The number of hydrogen-bond donors (Lipinski definition) is 2. The summed E-state index contributed by atoms with van der Waals surface area (Å²) < 4.78 is 2.45. The molecule has 1 unspecified atom stereocenters. The standard InChI is InChI=1S/C25H28ClN3S/c1-17-10-12-21(23(27)15-17)18(2)28-24-16-20(11-13-22(24)26)30(3)29-14-6-8-19-7-4-5-9-25(19)29/h5,9-13,15-16,28H,2-4,6-8,14,27H2,1H3. The zero-order chi connectivity index (χ0) is 21.3. The molecule has 0 saturated carbocycles. The monoisotopic (exact) mass is 437 g/mol. The van der Waals surface area contributed by atoms with E-state index < -0.39 is 0 Å². The van der Waals surface area contributed by atoms with Crippen molar-refractivity contribution >= 4 is 45.2 Å². The molecule has 0 aromatic heterocycles. The van der Waals surface area contributed by atoms with Crippen LogP contribution in [0, 0.1) is 6.92 Å². The predicted octanol–water partition coefficient (Wildman–Crippen LogP) is 6.99. The zero-order valence-electron chi connectivity index (χ0n) is 17.4. The lowest BCUT2D eigenvalue weighted by Gasteiger charge is -2.36. The van der Waals surface area contributed by atoms with Crippen molar-refractivity contribution in [3.8, 4) is 0 Å².